The van der Waals surface area contributed by atoms with Crippen LogP contribution in [-0.2, 0) is 35.2 Å². The number of anilines is 2. The lowest BCUT2D eigenvalue weighted by molar-refractivity contribution is -0.144. The van der Waals surface area contributed by atoms with Crippen molar-refractivity contribution in [3.05, 3.63) is 113 Å². The molecule has 0 fully saturated rings. The maximum absolute atomic E-state index is 15.1. The fourth-order valence-electron chi connectivity index (χ4n) is 7.51. The minimum atomic E-state index is -4.09. The van der Waals surface area contributed by atoms with Crippen LogP contribution in [-0.4, -0.2) is 86.2 Å². The predicted molar refractivity (Wildman–Crippen MR) is 246 cm³/mol. The van der Waals surface area contributed by atoms with Crippen LogP contribution in [0.3, 0.4) is 0 Å². The van der Waals surface area contributed by atoms with Gasteiger partial charge in [-0.2, -0.15) is 4.31 Å². The standard InChI is InChI=1S/C49H60N4O10S/c1-12-39(63-40-27-23-32(47(6,7)13-2)29-37(40)48(8,9)14-3)43(55)51-38-28-31(22-26-41(38)61-10)42(54)49(62-11,46(58)50-33-20-18-17-19-21-33)53-44(56)35-25-24-34(30-36(35)45(53)57)64(59,60)52(15-4)16-5/h17-30,39H,12-16H2,1-11H3,(H,50,58)(H,51,55). The van der Waals surface area contributed by atoms with Gasteiger partial charge in [0.05, 0.1) is 28.8 Å². The Morgan fingerprint density at radius 2 is 1.36 bits per heavy atom. The normalized spacial score (nSPS) is 14.5. The summed E-state index contributed by atoms with van der Waals surface area (Å²) in [4.78, 5) is 72.7. The summed E-state index contributed by atoms with van der Waals surface area (Å²) in [5, 5.41) is 5.43. The number of fused-ring (bicyclic) bond motifs is 1. The molecule has 0 aliphatic carbocycles. The van der Waals surface area contributed by atoms with E-state index in [4.69, 9.17) is 14.2 Å². The number of nitrogens with one attached hydrogen (secondary N) is 2. The Balaban J connectivity index is 1.57. The number of ketones is 1. The monoisotopic (exact) mass is 896 g/mol. The van der Waals surface area contributed by atoms with Crippen molar-refractivity contribution in [2.24, 2.45) is 0 Å². The number of carbonyl (C=O) groups is 5. The molecule has 1 aliphatic rings. The number of imide groups is 1. The Kier molecular flexibility index (Phi) is 14.9. The average Bonchev–Trinajstić information content (AvgIpc) is 3.54. The van der Waals surface area contributed by atoms with E-state index in [1.807, 2.05) is 19.1 Å². The van der Waals surface area contributed by atoms with E-state index >= 15 is 4.79 Å². The molecule has 342 valence electrons. The van der Waals surface area contributed by atoms with Gasteiger partial charge in [-0.15, -0.1) is 0 Å². The van der Waals surface area contributed by atoms with Crippen LogP contribution < -0.4 is 20.1 Å². The molecule has 0 bridgehead atoms. The summed E-state index contributed by atoms with van der Waals surface area (Å²) in [6, 6.07) is 21.5. The first kappa shape index (κ1) is 49.1. The molecule has 0 radical (unpaired) electrons. The van der Waals surface area contributed by atoms with Gasteiger partial charge >= 0.3 is 0 Å². The number of benzene rings is 4. The molecule has 0 saturated carbocycles. The Hall–Kier alpha value is -5.90. The number of hydrogen-bond donors (Lipinski definition) is 2. The highest BCUT2D eigenvalue weighted by atomic mass is 32.2. The second-order valence-electron chi connectivity index (χ2n) is 16.8. The number of Topliss-reactive ketones (excluding diaryl/α,β-unsaturated/α-hetero) is 1. The molecule has 4 amide bonds. The lowest BCUT2D eigenvalue weighted by Gasteiger charge is -2.36. The zero-order valence-corrected chi connectivity index (χ0v) is 39.4. The van der Waals surface area contributed by atoms with E-state index in [2.05, 4.69) is 58.2 Å². The van der Waals surface area contributed by atoms with Crippen molar-refractivity contribution in [3.8, 4) is 11.5 Å². The number of amides is 4. The van der Waals surface area contributed by atoms with E-state index < -0.39 is 51.3 Å². The first-order chi connectivity index (χ1) is 30.2. The third kappa shape index (κ3) is 9.19. The van der Waals surface area contributed by atoms with Gasteiger partial charge in [-0.1, -0.05) is 92.6 Å². The average molecular weight is 897 g/mol. The SMILES string of the molecule is CCC(Oc1ccc(C(C)(C)CC)cc1C(C)(C)CC)C(=O)Nc1cc(C(=O)C(OC)(C(=O)Nc2ccccc2)N2C(=O)c3ccc(S(=O)(=O)N(CC)CC)cc3C2=O)ccc1OC. The third-order valence-corrected chi connectivity index (χ3v) is 14.4. The molecule has 5 rings (SSSR count). The first-order valence-electron chi connectivity index (χ1n) is 21.5. The smallest absolute Gasteiger partial charge is 0.296 e. The van der Waals surface area contributed by atoms with Crippen molar-refractivity contribution in [2.45, 2.75) is 109 Å². The lowest BCUT2D eigenvalue weighted by atomic mass is 9.76. The highest BCUT2D eigenvalue weighted by Gasteiger charge is 2.60. The van der Waals surface area contributed by atoms with Crippen LogP contribution in [0.25, 0.3) is 0 Å². The molecule has 0 saturated heterocycles. The van der Waals surface area contributed by atoms with Gasteiger partial charge in [0.2, 0.25) is 15.8 Å². The molecule has 14 nitrogen and oxygen atoms in total. The van der Waals surface area contributed by atoms with Crippen molar-refractivity contribution in [1.82, 2.24) is 9.21 Å². The summed E-state index contributed by atoms with van der Waals surface area (Å²) in [7, 11) is -1.71. The number of hydrogen-bond acceptors (Lipinski definition) is 10. The Bertz CT molecular complexity index is 2540. The van der Waals surface area contributed by atoms with Crippen molar-refractivity contribution >= 4 is 50.8 Å². The Morgan fingerprint density at radius 1 is 0.734 bits per heavy atom. The van der Waals surface area contributed by atoms with E-state index in [-0.39, 0.29) is 69.1 Å². The van der Waals surface area contributed by atoms with E-state index in [9.17, 15) is 27.6 Å². The highest BCUT2D eigenvalue weighted by Crippen LogP contribution is 2.40. The van der Waals surface area contributed by atoms with Gasteiger partial charge in [0.1, 0.15) is 11.5 Å². The zero-order valence-electron chi connectivity index (χ0n) is 38.6. The van der Waals surface area contributed by atoms with Crippen LogP contribution in [0.4, 0.5) is 11.4 Å². The molecule has 0 spiro atoms. The quantitative estimate of drug-likeness (QED) is 0.0498. The molecule has 1 heterocycles. The van der Waals surface area contributed by atoms with Crippen molar-refractivity contribution in [2.75, 3.05) is 37.9 Å². The molecular weight excluding hydrogens is 837 g/mol. The summed E-state index contributed by atoms with van der Waals surface area (Å²) in [5.41, 5.74) is -1.85. The van der Waals surface area contributed by atoms with Gasteiger partial charge in [0.15, 0.2) is 6.10 Å². The van der Waals surface area contributed by atoms with Gasteiger partial charge < -0.3 is 24.8 Å². The van der Waals surface area contributed by atoms with Crippen LogP contribution >= 0.6 is 0 Å². The minimum Gasteiger partial charge on any atom is -0.495 e. The van der Waals surface area contributed by atoms with Crippen LogP contribution in [0.5, 0.6) is 11.5 Å². The lowest BCUT2D eigenvalue weighted by Crippen LogP contribution is -2.65. The van der Waals surface area contributed by atoms with Crippen LogP contribution in [0.15, 0.2) is 89.8 Å². The first-order valence-corrected chi connectivity index (χ1v) is 23.0. The van der Waals surface area contributed by atoms with Gasteiger partial charge in [0, 0.05) is 37.0 Å². The molecule has 4 aromatic rings. The number of sulfonamides is 1. The molecular formula is C49H60N4O10S. The molecule has 4 aromatic carbocycles. The van der Waals surface area contributed by atoms with E-state index in [1.165, 1.54) is 53.9 Å². The highest BCUT2D eigenvalue weighted by molar-refractivity contribution is 7.89. The summed E-state index contributed by atoms with van der Waals surface area (Å²) in [6.45, 7) is 18.3. The van der Waals surface area contributed by atoms with Gasteiger partial charge in [0.25, 0.3) is 29.4 Å². The number of ether oxygens (including phenoxy) is 3. The van der Waals surface area contributed by atoms with Crippen LogP contribution in [0.2, 0.25) is 0 Å². The maximum atomic E-state index is 15.1. The van der Waals surface area contributed by atoms with Gasteiger partial charge in [-0.3, -0.25) is 24.0 Å². The number of carbonyl (C=O) groups excluding carboxylic acids is 5. The summed E-state index contributed by atoms with van der Waals surface area (Å²) < 4.78 is 46.0. The number of methoxy groups -OCH3 is 2. The largest absolute Gasteiger partial charge is 0.495 e. The zero-order chi connectivity index (χ0) is 47.4. The summed E-state index contributed by atoms with van der Waals surface area (Å²) in [6.07, 6.45) is 1.01. The molecule has 64 heavy (non-hydrogen) atoms. The topological polar surface area (TPSA) is 178 Å². The summed E-state index contributed by atoms with van der Waals surface area (Å²) in [5.74, 6) is -4.41. The second-order valence-corrected chi connectivity index (χ2v) is 18.8. The molecule has 2 N–H and O–H groups in total. The van der Waals surface area contributed by atoms with Crippen molar-refractivity contribution in [1.29, 1.82) is 0 Å². The van der Waals surface area contributed by atoms with Crippen molar-refractivity contribution in [3.63, 3.8) is 0 Å². The minimum absolute atomic E-state index is 0.0247. The van der Waals surface area contributed by atoms with Gasteiger partial charge in [-0.25, -0.2) is 13.3 Å². The predicted octanol–water partition coefficient (Wildman–Crippen LogP) is 8.36. The molecule has 2 atom stereocenters. The third-order valence-electron chi connectivity index (χ3n) is 12.4. The Labute approximate surface area is 376 Å². The fourth-order valence-corrected chi connectivity index (χ4v) is 8.99. The van der Waals surface area contributed by atoms with Crippen molar-refractivity contribution < 1.29 is 46.6 Å². The molecule has 1 aliphatic heterocycles. The van der Waals surface area contributed by atoms with E-state index in [1.54, 1.807) is 32.0 Å². The maximum Gasteiger partial charge on any atom is 0.296 e. The fraction of sp³-hybridized carbons (Fsp3) is 0.408. The van der Waals surface area contributed by atoms with Crippen LogP contribution in [0.1, 0.15) is 124 Å². The molecule has 2 unspecified atom stereocenters. The number of nitrogens with zero attached hydrogens (tertiary/aromatic N) is 2. The van der Waals surface area contributed by atoms with E-state index in [0.29, 0.717) is 10.6 Å². The number of para-hydroxylation sites is 1. The number of rotatable bonds is 20. The second kappa shape index (κ2) is 19.5. The van der Waals surface area contributed by atoms with Gasteiger partial charge in [-0.05, 0) is 90.3 Å². The molecule has 15 heteroatoms. The summed E-state index contributed by atoms with van der Waals surface area (Å²) >= 11 is 0. The Morgan fingerprint density at radius 3 is 1.94 bits per heavy atom. The van der Waals surface area contributed by atoms with Crippen LogP contribution in [0, 0.1) is 0 Å². The van der Waals surface area contributed by atoms with E-state index in [0.717, 1.165) is 37.1 Å². The molecule has 0 aromatic heterocycles.